The molecule has 1 aromatic rings. The number of nitrogens with zero attached hydrogens (tertiary/aromatic N) is 1. The standard InChI is InChI=1S/C21H29NO2/c1-14-11-17(15-3-4-15)5-6-19(14)16-7-9-22(10-8-16)20(23)18-12-21(2,24)13-18/h5-6,11,15-16,18,24H,3-4,7-10,12-13H2,1-2H3/t18-,21+. The summed E-state index contributed by atoms with van der Waals surface area (Å²) in [6.45, 7) is 5.81. The molecule has 4 rings (SSSR count). The van der Waals surface area contributed by atoms with Crippen molar-refractivity contribution >= 4 is 5.91 Å². The van der Waals surface area contributed by atoms with E-state index in [1.165, 1.54) is 29.5 Å². The summed E-state index contributed by atoms with van der Waals surface area (Å²) in [4.78, 5) is 14.6. The molecule has 24 heavy (non-hydrogen) atoms. The zero-order valence-corrected chi connectivity index (χ0v) is 14.9. The average Bonchev–Trinajstić information content (AvgIpc) is 3.37. The molecular weight excluding hydrogens is 298 g/mol. The highest BCUT2D eigenvalue weighted by Gasteiger charge is 2.44. The molecule has 1 aliphatic heterocycles. The predicted octanol–water partition coefficient (Wildman–Crippen LogP) is 3.74. The van der Waals surface area contributed by atoms with Gasteiger partial charge in [0.25, 0.3) is 0 Å². The summed E-state index contributed by atoms with van der Waals surface area (Å²) in [5, 5.41) is 9.85. The van der Waals surface area contributed by atoms with E-state index in [1.54, 1.807) is 0 Å². The molecule has 0 atom stereocenters. The molecule has 1 N–H and O–H groups in total. The van der Waals surface area contributed by atoms with Crippen molar-refractivity contribution in [3.05, 3.63) is 34.9 Å². The summed E-state index contributed by atoms with van der Waals surface area (Å²) in [5.41, 5.74) is 3.82. The zero-order valence-electron chi connectivity index (χ0n) is 14.9. The molecule has 0 unspecified atom stereocenters. The molecule has 3 aliphatic rings. The Morgan fingerprint density at radius 2 is 1.79 bits per heavy atom. The van der Waals surface area contributed by atoms with Gasteiger partial charge in [0.15, 0.2) is 0 Å². The van der Waals surface area contributed by atoms with Crippen molar-refractivity contribution in [1.82, 2.24) is 4.90 Å². The molecule has 3 fully saturated rings. The number of piperidine rings is 1. The third-order valence-electron chi connectivity index (χ3n) is 6.31. The normalized spacial score (nSPS) is 31.0. The lowest BCUT2D eigenvalue weighted by atomic mass is 9.71. The minimum Gasteiger partial charge on any atom is -0.390 e. The molecule has 3 nitrogen and oxygen atoms in total. The van der Waals surface area contributed by atoms with Crippen molar-refractivity contribution in [2.24, 2.45) is 5.92 Å². The number of hydrogen-bond donors (Lipinski definition) is 1. The van der Waals surface area contributed by atoms with Crippen molar-refractivity contribution in [3.8, 4) is 0 Å². The van der Waals surface area contributed by atoms with Crippen LogP contribution in [0, 0.1) is 12.8 Å². The summed E-state index contributed by atoms with van der Waals surface area (Å²) >= 11 is 0. The lowest BCUT2D eigenvalue weighted by Crippen LogP contribution is -2.51. The van der Waals surface area contributed by atoms with E-state index in [0.717, 1.165) is 31.8 Å². The average molecular weight is 327 g/mol. The van der Waals surface area contributed by atoms with Gasteiger partial charge in [-0.3, -0.25) is 4.79 Å². The minimum atomic E-state index is -0.612. The maximum absolute atomic E-state index is 12.5. The van der Waals surface area contributed by atoms with Crippen molar-refractivity contribution < 1.29 is 9.90 Å². The van der Waals surface area contributed by atoms with E-state index in [-0.39, 0.29) is 11.8 Å². The number of amides is 1. The fourth-order valence-electron chi connectivity index (χ4n) is 4.67. The first-order chi connectivity index (χ1) is 11.4. The molecule has 0 spiro atoms. The van der Waals surface area contributed by atoms with Gasteiger partial charge in [0.05, 0.1) is 5.60 Å². The zero-order chi connectivity index (χ0) is 16.9. The van der Waals surface area contributed by atoms with E-state index >= 15 is 0 Å². The first-order valence-electron chi connectivity index (χ1n) is 9.54. The van der Waals surface area contributed by atoms with E-state index in [0.29, 0.717) is 18.8 Å². The number of rotatable bonds is 3. The summed E-state index contributed by atoms with van der Waals surface area (Å²) < 4.78 is 0. The Kier molecular flexibility index (Phi) is 3.95. The third-order valence-corrected chi connectivity index (χ3v) is 6.31. The van der Waals surface area contributed by atoms with Crippen LogP contribution in [0.1, 0.15) is 74.0 Å². The Morgan fingerprint density at radius 3 is 2.33 bits per heavy atom. The fourth-order valence-corrected chi connectivity index (χ4v) is 4.67. The van der Waals surface area contributed by atoms with Gasteiger partial charge in [0.1, 0.15) is 0 Å². The highest BCUT2D eigenvalue weighted by atomic mass is 16.3. The molecule has 1 saturated heterocycles. The van der Waals surface area contributed by atoms with Crippen LogP contribution in [-0.4, -0.2) is 34.6 Å². The van der Waals surface area contributed by atoms with Crippen molar-refractivity contribution in [2.45, 2.75) is 69.8 Å². The van der Waals surface area contributed by atoms with Crippen LogP contribution in [0.15, 0.2) is 18.2 Å². The Bertz CT molecular complexity index is 631. The van der Waals surface area contributed by atoms with Crippen LogP contribution in [-0.2, 0) is 4.79 Å². The van der Waals surface area contributed by atoms with Crippen molar-refractivity contribution in [1.29, 1.82) is 0 Å². The van der Waals surface area contributed by atoms with E-state index < -0.39 is 5.60 Å². The van der Waals surface area contributed by atoms with Gasteiger partial charge >= 0.3 is 0 Å². The molecule has 2 saturated carbocycles. The first-order valence-corrected chi connectivity index (χ1v) is 9.54. The molecule has 1 heterocycles. The summed E-state index contributed by atoms with van der Waals surface area (Å²) in [7, 11) is 0. The Morgan fingerprint density at radius 1 is 1.12 bits per heavy atom. The summed E-state index contributed by atoms with van der Waals surface area (Å²) in [6.07, 6.45) is 6.11. The van der Waals surface area contributed by atoms with E-state index in [2.05, 4.69) is 25.1 Å². The second kappa shape index (κ2) is 5.87. The predicted molar refractivity (Wildman–Crippen MR) is 95.1 cm³/mol. The van der Waals surface area contributed by atoms with Crippen molar-refractivity contribution in [3.63, 3.8) is 0 Å². The Hall–Kier alpha value is -1.35. The monoisotopic (exact) mass is 327 g/mol. The number of aryl methyl sites for hydroxylation is 1. The number of carbonyl (C=O) groups excluding carboxylic acids is 1. The molecule has 3 heteroatoms. The van der Waals surface area contributed by atoms with Crippen LogP contribution in [0.25, 0.3) is 0 Å². The van der Waals surface area contributed by atoms with E-state index in [9.17, 15) is 9.90 Å². The van der Waals surface area contributed by atoms with Gasteiger partial charge in [-0.25, -0.2) is 0 Å². The van der Waals surface area contributed by atoms with Gasteiger partial charge in [0, 0.05) is 19.0 Å². The molecule has 1 amide bonds. The van der Waals surface area contributed by atoms with Crippen LogP contribution >= 0.6 is 0 Å². The van der Waals surface area contributed by atoms with Crippen LogP contribution in [0.5, 0.6) is 0 Å². The van der Waals surface area contributed by atoms with Gasteiger partial charge in [0.2, 0.25) is 5.91 Å². The summed E-state index contributed by atoms with van der Waals surface area (Å²) in [5.74, 6) is 1.72. The molecule has 2 aliphatic carbocycles. The van der Waals surface area contributed by atoms with Gasteiger partial charge in [-0.1, -0.05) is 18.2 Å². The second-order valence-electron chi connectivity index (χ2n) is 8.59. The maximum Gasteiger partial charge on any atom is 0.225 e. The highest BCUT2D eigenvalue weighted by Crippen LogP contribution is 2.42. The number of aliphatic hydroxyl groups is 1. The Labute approximate surface area is 145 Å². The van der Waals surface area contributed by atoms with Crippen molar-refractivity contribution in [2.75, 3.05) is 13.1 Å². The largest absolute Gasteiger partial charge is 0.390 e. The first kappa shape index (κ1) is 16.1. The number of hydrogen-bond acceptors (Lipinski definition) is 2. The van der Waals surface area contributed by atoms with Crippen LogP contribution in [0.3, 0.4) is 0 Å². The second-order valence-corrected chi connectivity index (χ2v) is 8.59. The van der Waals surface area contributed by atoms with Gasteiger partial charge in [-0.2, -0.15) is 0 Å². The quantitative estimate of drug-likeness (QED) is 0.919. The smallest absolute Gasteiger partial charge is 0.225 e. The lowest BCUT2D eigenvalue weighted by molar-refractivity contribution is -0.150. The van der Waals surface area contributed by atoms with E-state index in [4.69, 9.17) is 0 Å². The Balaban J connectivity index is 1.35. The maximum atomic E-state index is 12.5. The van der Waals surface area contributed by atoms with Gasteiger partial charge in [-0.05, 0) is 80.9 Å². The van der Waals surface area contributed by atoms with Crippen LogP contribution < -0.4 is 0 Å². The molecule has 130 valence electrons. The fraction of sp³-hybridized carbons (Fsp3) is 0.667. The molecule has 0 radical (unpaired) electrons. The molecule has 0 bridgehead atoms. The highest BCUT2D eigenvalue weighted by molar-refractivity contribution is 5.80. The van der Waals surface area contributed by atoms with Crippen LogP contribution in [0.2, 0.25) is 0 Å². The minimum absolute atomic E-state index is 0.0520. The number of benzene rings is 1. The topological polar surface area (TPSA) is 40.5 Å². The summed E-state index contributed by atoms with van der Waals surface area (Å²) in [6, 6.07) is 7.06. The number of carbonyl (C=O) groups is 1. The molecular formula is C21H29NO2. The van der Waals surface area contributed by atoms with Crippen LogP contribution in [0.4, 0.5) is 0 Å². The van der Waals surface area contributed by atoms with E-state index in [1.807, 2.05) is 11.8 Å². The third kappa shape index (κ3) is 3.11. The van der Waals surface area contributed by atoms with Gasteiger partial charge < -0.3 is 10.0 Å². The molecule has 0 aromatic heterocycles. The lowest BCUT2D eigenvalue weighted by Gasteiger charge is -2.43. The SMILES string of the molecule is Cc1cc(C2CC2)ccc1C1CCN(C(=O)[C@H]2C[C@@](C)(O)C2)CC1. The number of likely N-dealkylation sites (tertiary alicyclic amines) is 1. The molecule has 1 aromatic carbocycles. The van der Waals surface area contributed by atoms with Gasteiger partial charge in [-0.15, -0.1) is 0 Å².